The highest BCUT2D eigenvalue weighted by atomic mass is 16.6. The zero-order valence-electron chi connectivity index (χ0n) is 7.97. The predicted molar refractivity (Wildman–Crippen MR) is 51.6 cm³/mol. The Balaban J connectivity index is 3.22. The van der Waals surface area contributed by atoms with Gasteiger partial charge in [0.2, 0.25) is 0 Å². The third kappa shape index (κ3) is 2.17. The van der Waals surface area contributed by atoms with Crippen LogP contribution < -0.4 is 14.9 Å². The molecule has 0 saturated heterocycles. The van der Waals surface area contributed by atoms with Crippen molar-refractivity contribution in [3.8, 4) is 11.5 Å². The summed E-state index contributed by atoms with van der Waals surface area (Å²) in [7, 11) is 2.81. The Morgan fingerprint density at radius 1 is 1.07 bits per heavy atom. The monoisotopic (exact) mass is 199 g/mol. The molecule has 0 aliphatic heterocycles. The highest BCUT2D eigenvalue weighted by Crippen LogP contribution is 2.16. The van der Waals surface area contributed by atoms with Crippen LogP contribution >= 0.6 is 0 Å². The summed E-state index contributed by atoms with van der Waals surface area (Å²) >= 11 is 0. The van der Waals surface area contributed by atoms with E-state index >= 15 is 0 Å². The first kappa shape index (κ1) is 10.8. The van der Waals surface area contributed by atoms with Gasteiger partial charge in [-0.25, -0.2) is 0 Å². The van der Waals surface area contributed by atoms with Crippen LogP contribution in [0.3, 0.4) is 0 Å². The van der Waals surface area contributed by atoms with E-state index in [4.69, 9.17) is 24.5 Å². The van der Waals surface area contributed by atoms with Gasteiger partial charge < -0.3 is 24.5 Å². The maximum atomic E-state index is 9.06. The lowest BCUT2D eigenvalue weighted by molar-refractivity contribution is 0.247. The van der Waals surface area contributed by atoms with Crippen molar-refractivity contribution in [3.63, 3.8) is 0 Å². The summed E-state index contributed by atoms with van der Waals surface area (Å²) in [6.45, 7) is -3.57. The lowest BCUT2D eigenvalue weighted by Gasteiger charge is -2.24. The average Bonchev–Trinajstić information content (AvgIpc) is 2.15. The smallest absolute Gasteiger partial charge is 0.406 e. The Hall–Kier alpha value is -1.24. The molecule has 1 aromatic rings. The normalized spacial score (nSPS) is 11.2. The molecule has 0 heterocycles. The van der Waals surface area contributed by atoms with E-state index in [0.717, 1.165) is 0 Å². The van der Waals surface area contributed by atoms with E-state index in [9.17, 15) is 0 Å². The van der Waals surface area contributed by atoms with Gasteiger partial charge >= 0.3 is 6.75 Å². The van der Waals surface area contributed by atoms with Crippen LogP contribution in [0.4, 0.5) is 0 Å². The molecule has 0 amide bonds. The van der Waals surface area contributed by atoms with Gasteiger partial charge in [0.25, 0.3) is 0 Å². The van der Waals surface area contributed by atoms with Gasteiger partial charge in [-0.3, -0.25) is 0 Å². The van der Waals surface area contributed by atoms with Crippen molar-refractivity contribution in [2.45, 2.75) is 0 Å². The molecule has 1 aromatic carbocycles. The molecule has 0 aliphatic rings. The first-order valence-corrected chi connectivity index (χ1v) is 4.03. The van der Waals surface area contributed by atoms with E-state index < -0.39 is 6.75 Å². The lowest BCUT2D eigenvalue weighted by atomic mass is 9.70. The van der Waals surface area contributed by atoms with Crippen LogP contribution in [0.5, 0.6) is 11.5 Å². The molecule has 5 nitrogen and oxygen atoms in total. The van der Waals surface area contributed by atoms with Gasteiger partial charge in [-0.15, -0.1) is 0 Å². The third-order valence-corrected chi connectivity index (χ3v) is 1.85. The highest BCUT2D eigenvalue weighted by Gasteiger charge is 2.22. The van der Waals surface area contributed by atoms with E-state index in [1.54, 1.807) is 6.07 Å². The van der Waals surface area contributed by atoms with E-state index in [1.165, 1.54) is 26.4 Å². The van der Waals surface area contributed by atoms with Crippen LogP contribution in [0, 0.1) is 0 Å². The van der Waals surface area contributed by atoms with Crippen molar-refractivity contribution in [1.82, 2.24) is 0 Å². The number of hydrogen-bond donors (Lipinski definition) is 3. The van der Waals surface area contributed by atoms with Gasteiger partial charge in [0, 0.05) is 0 Å². The standard InChI is InChI=1S/C8H12BO5/c1-13-6-3-4-8(14-2)7(5-6)9(10,11)12/h3-5,10-12H,1-2H3/q-1. The first-order valence-electron chi connectivity index (χ1n) is 4.03. The molecular weight excluding hydrogens is 187 g/mol. The Morgan fingerprint density at radius 3 is 2.14 bits per heavy atom. The van der Waals surface area contributed by atoms with Crippen LogP contribution in [0.15, 0.2) is 18.2 Å². The topological polar surface area (TPSA) is 79.2 Å². The lowest BCUT2D eigenvalue weighted by Crippen LogP contribution is -2.49. The van der Waals surface area contributed by atoms with Crippen molar-refractivity contribution < 1.29 is 24.5 Å². The van der Waals surface area contributed by atoms with Crippen LogP contribution in [-0.4, -0.2) is 36.0 Å². The van der Waals surface area contributed by atoms with Crippen molar-refractivity contribution in [2.24, 2.45) is 0 Å². The molecule has 1 rings (SSSR count). The fraction of sp³-hybridized carbons (Fsp3) is 0.250. The summed E-state index contributed by atoms with van der Waals surface area (Å²) in [5, 5.41) is 27.2. The zero-order valence-corrected chi connectivity index (χ0v) is 7.97. The molecule has 0 saturated carbocycles. The van der Waals surface area contributed by atoms with Crippen LogP contribution in [-0.2, 0) is 0 Å². The summed E-state index contributed by atoms with van der Waals surface area (Å²) in [5.41, 5.74) is -0.105. The first-order chi connectivity index (χ1) is 6.49. The number of methoxy groups -OCH3 is 2. The second-order valence-electron chi connectivity index (χ2n) is 2.84. The Labute approximate surface area is 81.5 Å². The van der Waals surface area contributed by atoms with Crippen LogP contribution in [0.1, 0.15) is 0 Å². The molecule has 0 fully saturated rings. The van der Waals surface area contributed by atoms with Gasteiger partial charge in [-0.2, -0.15) is 0 Å². The minimum absolute atomic E-state index is 0.105. The fourth-order valence-corrected chi connectivity index (χ4v) is 1.14. The number of benzene rings is 1. The molecule has 78 valence electrons. The second-order valence-corrected chi connectivity index (χ2v) is 2.84. The van der Waals surface area contributed by atoms with Crippen LogP contribution in [0.25, 0.3) is 0 Å². The van der Waals surface area contributed by atoms with Gasteiger partial charge in [0.15, 0.2) is 0 Å². The van der Waals surface area contributed by atoms with Gasteiger partial charge in [-0.1, -0.05) is 5.46 Å². The number of ether oxygens (including phenoxy) is 2. The molecule has 0 aliphatic carbocycles. The maximum Gasteiger partial charge on any atom is 0.406 e. The van der Waals surface area contributed by atoms with Crippen molar-refractivity contribution in [3.05, 3.63) is 18.2 Å². The summed E-state index contributed by atoms with van der Waals surface area (Å²) in [4.78, 5) is 0. The molecule has 0 bridgehead atoms. The molecule has 0 atom stereocenters. The summed E-state index contributed by atoms with van der Waals surface area (Å²) < 4.78 is 9.72. The summed E-state index contributed by atoms with van der Waals surface area (Å²) in [6, 6.07) is 4.37. The quantitative estimate of drug-likeness (QED) is 0.534. The molecule has 0 unspecified atom stereocenters. The predicted octanol–water partition coefficient (Wildman–Crippen LogP) is -1.17. The third-order valence-electron chi connectivity index (χ3n) is 1.85. The van der Waals surface area contributed by atoms with Gasteiger partial charge in [-0.05, 0) is 18.2 Å². The highest BCUT2D eigenvalue weighted by molar-refractivity contribution is 6.72. The average molecular weight is 199 g/mol. The van der Waals surface area contributed by atoms with E-state index in [-0.39, 0.29) is 11.2 Å². The van der Waals surface area contributed by atoms with E-state index in [2.05, 4.69) is 0 Å². The van der Waals surface area contributed by atoms with E-state index in [0.29, 0.717) is 5.75 Å². The molecule has 0 spiro atoms. The summed E-state index contributed by atoms with van der Waals surface area (Å²) in [5.74, 6) is 0.600. The van der Waals surface area contributed by atoms with Crippen LogP contribution in [0.2, 0.25) is 0 Å². The number of rotatable bonds is 3. The van der Waals surface area contributed by atoms with Gasteiger partial charge in [0.1, 0.15) is 5.75 Å². The Kier molecular flexibility index (Phi) is 3.00. The molecule has 3 N–H and O–H groups in total. The van der Waals surface area contributed by atoms with Crippen molar-refractivity contribution >= 4 is 12.2 Å². The molecule has 14 heavy (non-hydrogen) atoms. The molecule has 0 aromatic heterocycles. The van der Waals surface area contributed by atoms with Gasteiger partial charge in [0.05, 0.1) is 20.0 Å². The minimum Gasteiger partial charge on any atom is -0.556 e. The number of hydrogen-bond acceptors (Lipinski definition) is 5. The molecule has 6 heteroatoms. The second kappa shape index (κ2) is 3.87. The Morgan fingerprint density at radius 2 is 1.71 bits per heavy atom. The summed E-state index contributed by atoms with van der Waals surface area (Å²) in [6.07, 6.45) is 0. The molecule has 0 radical (unpaired) electrons. The largest absolute Gasteiger partial charge is 0.556 e. The van der Waals surface area contributed by atoms with Crippen molar-refractivity contribution in [2.75, 3.05) is 14.2 Å². The maximum absolute atomic E-state index is 9.06. The minimum atomic E-state index is -3.57. The zero-order chi connectivity index (χ0) is 10.8. The fourth-order valence-electron chi connectivity index (χ4n) is 1.14. The molecular formula is C8H12BO5-. The SMILES string of the molecule is COc1ccc(OC)c([B-](O)(O)O)c1. The van der Waals surface area contributed by atoms with E-state index in [1.807, 2.05) is 0 Å². The Bertz CT molecular complexity index is 320. The van der Waals surface area contributed by atoms with Crippen molar-refractivity contribution in [1.29, 1.82) is 0 Å².